The van der Waals surface area contributed by atoms with Crippen LogP contribution in [-0.4, -0.2) is 21.6 Å². The molecule has 2 N–H and O–H groups in total. The molecule has 2 aromatic rings. The second-order valence-corrected chi connectivity index (χ2v) is 6.08. The summed E-state index contributed by atoms with van der Waals surface area (Å²) in [6.07, 6.45) is 4.29. The minimum atomic E-state index is -0.0493. The van der Waals surface area contributed by atoms with Crippen molar-refractivity contribution in [1.82, 2.24) is 15.3 Å². The zero-order chi connectivity index (χ0) is 15.2. The van der Waals surface area contributed by atoms with Crippen LogP contribution in [0.5, 0.6) is 0 Å². The third-order valence-electron chi connectivity index (χ3n) is 3.30. The van der Waals surface area contributed by atoms with Crippen molar-refractivity contribution in [1.29, 1.82) is 0 Å². The van der Waals surface area contributed by atoms with Crippen molar-refractivity contribution in [2.45, 2.75) is 38.1 Å². The van der Waals surface area contributed by atoms with Crippen molar-refractivity contribution in [2.24, 2.45) is 0 Å². The maximum Gasteiger partial charge on any atom is 0.230 e. The molecule has 0 radical (unpaired) electrons. The van der Waals surface area contributed by atoms with Gasteiger partial charge in [0.15, 0.2) is 0 Å². The predicted octanol–water partition coefficient (Wildman–Crippen LogP) is 3.39. The highest BCUT2D eigenvalue weighted by Gasteiger charge is 2.15. The molecule has 21 heavy (non-hydrogen) atoms. The molecule has 4 nitrogen and oxygen atoms in total. The Morgan fingerprint density at radius 3 is 2.90 bits per heavy atom. The van der Waals surface area contributed by atoms with Crippen molar-refractivity contribution in [2.75, 3.05) is 5.75 Å². The maximum atomic E-state index is 12.1. The number of H-pyrrole nitrogens is 1. The molecule has 0 fully saturated rings. The molecule has 2 rings (SSSR count). The first-order chi connectivity index (χ1) is 10.1. The Bertz CT molecular complexity index is 596. The van der Waals surface area contributed by atoms with E-state index in [9.17, 15) is 4.79 Å². The SMILES string of the molecule is CCC(NC(=O)CSc1cc(C)ccc1C)c1ncc[nH]1. The highest BCUT2D eigenvalue weighted by Crippen LogP contribution is 2.23. The Morgan fingerprint density at radius 1 is 1.43 bits per heavy atom. The fraction of sp³-hybridized carbons (Fsp3) is 0.375. The molecule has 0 spiro atoms. The summed E-state index contributed by atoms with van der Waals surface area (Å²) in [6.45, 7) is 6.16. The Morgan fingerprint density at radius 2 is 2.24 bits per heavy atom. The number of rotatable bonds is 6. The fourth-order valence-electron chi connectivity index (χ4n) is 2.07. The molecule has 0 bridgehead atoms. The third-order valence-corrected chi connectivity index (χ3v) is 4.45. The van der Waals surface area contributed by atoms with Crippen LogP contribution in [0.1, 0.15) is 36.3 Å². The third kappa shape index (κ3) is 4.36. The summed E-state index contributed by atoms with van der Waals surface area (Å²) in [4.78, 5) is 20.5. The molecule has 112 valence electrons. The number of imidazole rings is 1. The van der Waals surface area contributed by atoms with Gasteiger partial charge in [0.25, 0.3) is 0 Å². The van der Waals surface area contributed by atoms with Gasteiger partial charge >= 0.3 is 0 Å². The lowest BCUT2D eigenvalue weighted by atomic mass is 10.2. The highest BCUT2D eigenvalue weighted by atomic mass is 32.2. The molecule has 1 heterocycles. The number of aromatic nitrogens is 2. The lowest BCUT2D eigenvalue weighted by molar-refractivity contribution is -0.119. The molecule has 0 aliphatic heterocycles. The van der Waals surface area contributed by atoms with E-state index in [1.54, 1.807) is 24.2 Å². The van der Waals surface area contributed by atoms with E-state index < -0.39 is 0 Å². The average molecular weight is 303 g/mol. The summed E-state index contributed by atoms with van der Waals surface area (Å²) in [5.74, 6) is 1.26. The standard InChI is InChI=1S/C16H21N3OS/c1-4-13(16-17-7-8-18-16)19-15(20)10-21-14-9-11(2)5-6-12(14)3/h5-9,13H,4,10H2,1-3H3,(H,17,18)(H,19,20). The lowest BCUT2D eigenvalue weighted by Gasteiger charge is -2.15. The summed E-state index contributed by atoms with van der Waals surface area (Å²) >= 11 is 1.58. The van der Waals surface area contributed by atoms with E-state index in [0.29, 0.717) is 5.75 Å². The molecule has 1 aromatic carbocycles. The highest BCUT2D eigenvalue weighted by molar-refractivity contribution is 8.00. The quantitative estimate of drug-likeness (QED) is 0.804. The van der Waals surface area contributed by atoms with Crippen LogP contribution in [0.2, 0.25) is 0 Å². The van der Waals surface area contributed by atoms with Gasteiger partial charge < -0.3 is 10.3 Å². The van der Waals surface area contributed by atoms with Gasteiger partial charge in [-0.2, -0.15) is 0 Å². The minimum absolute atomic E-state index is 0.0316. The Kier molecular flexibility index (Phi) is 5.44. The molecule has 0 saturated heterocycles. The first-order valence-electron chi connectivity index (χ1n) is 7.09. The van der Waals surface area contributed by atoms with E-state index in [1.807, 2.05) is 6.92 Å². The average Bonchev–Trinajstić information content (AvgIpc) is 2.99. The van der Waals surface area contributed by atoms with Crippen molar-refractivity contribution < 1.29 is 4.79 Å². The van der Waals surface area contributed by atoms with Gasteiger partial charge in [0.05, 0.1) is 11.8 Å². The summed E-state index contributed by atoms with van der Waals surface area (Å²) in [7, 11) is 0. The van der Waals surface area contributed by atoms with Crippen LogP contribution in [0, 0.1) is 13.8 Å². The van der Waals surface area contributed by atoms with E-state index in [-0.39, 0.29) is 11.9 Å². The predicted molar refractivity (Wildman–Crippen MR) is 86.4 cm³/mol. The van der Waals surface area contributed by atoms with Crippen molar-refractivity contribution in [3.63, 3.8) is 0 Å². The number of carbonyl (C=O) groups excluding carboxylic acids is 1. The van der Waals surface area contributed by atoms with E-state index in [1.165, 1.54) is 11.1 Å². The van der Waals surface area contributed by atoms with Gasteiger partial charge in [0, 0.05) is 17.3 Å². The monoisotopic (exact) mass is 303 g/mol. The zero-order valence-corrected chi connectivity index (χ0v) is 13.5. The second-order valence-electron chi connectivity index (χ2n) is 5.06. The lowest BCUT2D eigenvalue weighted by Crippen LogP contribution is -2.30. The molecular weight excluding hydrogens is 282 g/mol. The molecule has 0 saturated carbocycles. The first kappa shape index (κ1) is 15.6. The van der Waals surface area contributed by atoms with Crippen LogP contribution >= 0.6 is 11.8 Å². The van der Waals surface area contributed by atoms with Crippen molar-refractivity contribution in [3.05, 3.63) is 47.5 Å². The number of carbonyl (C=O) groups is 1. The van der Waals surface area contributed by atoms with E-state index >= 15 is 0 Å². The van der Waals surface area contributed by atoms with E-state index in [0.717, 1.165) is 17.1 Å². The number of hydrogen-bond acceptors (Lipinski definition) is 3. The molecule has 1 unspecified atom stereocenters. The number of thioether (sulfide) groups is 1. The number of aromatic amines is 1. The smallest absolute Gasteiger partial charge is 0.230 e. The molecule has 1 aromatic heterocycles. The van der Waals surface area contributed by atoms with Crippen LogP contribution in [0.3, 0.4) is 0 Å². The van der Waals surface area contributed by atoms with E-state index in [2.05, 4.69) is 47.3 Å². The fourth-order valence-corrected chi connectivity index (χ4v) is 3.01. The second kappa shape index (κ2) is 7.31. The minimum Gasteiger partial charge on any atom is -0.347 e. The van der Waals surface area contributed by atoms with Gasteiger partial charge in [-0.25, -0.2) is 4.98 Å². The number of amides is 1. The number of nitrogens with zero attached hydrogens (tertiary/aromatic N) is 1. The van der Waals surface area contributed by atoms with Crippen molar-refractivity contribution >= 4 is 17.7 Å². The largest absolute Gasteiger partial charge is 0.347 e. The Labute approximate surface area is 129 Å². The number of benzene rings is 1. The van der Waals surface area contributed by atoms with Gasteiger partial charge in [-0.3, -0.25) is 4.79 Å². The van der Waals surface area contributed by atoms with Gasteiger partial charge in [-0.15, -0.1) is 11.8 Å². The molecule has 1 atom stereocenters. The van der Waals surface area contributed by atoms with Gasteiger partial charge in [-0.05, 0) is 31.9 Å². The van der Waals surface area contributed by atoms with Crippen molar-refractivity contribution in [3.8, 4) is 0 Å². The molecule has 0 aliphatic rings. The van der Waals surface area contributed by atoms with Gasteiger partial charge in [-0.1, -0.05) is 24.6 Å². The van der Waals surface area contributed by atoms with E-state index in [4.69, 9.17) is 0 Å². The molecule has 5 heteroatoms. The zero-order valence-electron chi connectivity index (χ0n) is 12.6. The van der Waals surface area contributed by atoms with Crippen LogP contribution < -0.4 is 5.32 Å². The summed E-state index contributed by atoms with van der Waals surface area (Å²) in [5.41, 5.74) is 2.42. The summed E-state index contributed by atoms with van der Waals surface area (Å²) < 4.78 is 0. The normalized spacial score (nSPS) is 12.1. The van der Waals surface area contributed by atoms with Gasteiger partial charge in [0.1, 0.15) is 5.82 Å². The number of hydrogen-bond donors (Lipinski definition) is 2. The van der Waals surface area contributed by atoms with Crippen LogP contribution in [0.25, 0.3) is 0 Å². The molecule has 1 amide bonds. The maximum absolute atomic E-state index is 12.1. The summed E-state index contributed by atoms with van der Waals surface area (Å²) in [5, 5.41) is 3.02. The van der Waals surface area contributed by atoms with Gasteiger partial charge in [0.2, 0.25) is 5.91 Å². The number of aryl methyl sites for hydroxylation is 2. The number of nitrogens with one attached hydrogen (secondary N) is 2. The Hall–Kier alpha value is -1.75. The van der Waals surface area contributed by atoms with Crippen LogP contribution in [-0.2, 0) is 4.79 Å². The topological polar surface area (TPSA) is 57.8 Å². The molecular formula is C16H21N3OS. The first-order valence-corrected chi connectivity index (χ1v) is 8.07. The summed E-state index contributed by atoms with van der Waals surface area (Å²) in [6, 6.07) is 6.25. The van der Waals surface area contributed by atoms with Crippen LogP contribution in [0.15, 0.2) is 35.5 Å². The Balaban J connectivity index is 1.91. The van der Waals surface area contributed by atoms with Crippen LogP contribution in [0.4, 0.5) is 0 Å². The molecule has 0 aliphatic carbocycles.